The zero-order chi connectivity index (χ0) is 14.8. The Hall–Kier alpha value is -1.56. The van der Waals surface area contributed by atoms with Gasteiger partial charge < -0.3 is 10.1 Å². The molecule has 1 saturated heterocycles. The second-order valence-electron chi connectivity index (χ2n) is 4.98. The zero-order valence-corrected chi connectivity index (χ0v) is 11.1. The fourth-order valence-corrected chi connectivity index (χ4v) is 2.56. The molecular weight excluding hydrogens is 271 g/mol. The summed E-state index contributed by atoms with van der Waals surface area (Å²) < 4.78 is 42.3. The van der Waals surface area contributed by atoms with Crippen LogP contribution in [0.25, 0.3) is 0 Å². The molecule has 1 fully saturated rings. The Balaban J connectivity index is 2.18. The van der Waals surface area contributed by atoms with Crippen molar-refractivity contribution in [3.63, 3.8) is 0 Å². The molecule has 0 saturated carbocycles. The third-order valence-electron chi connectivity index (χ3n) is 3.61. The van der Waals surface area contributed by atoms with Gasteiger partial charge in [-0.05, 0) is 37.1 Å². The van der Waals surface area contributed by atoms with Crippen LogP contribution in [0.2, 0.25) is 0 Å². The van der Waals surface area contributed by atoms with Gasteiger partial charge in [-0.25, -0.2) is 0 Å². The Morgan fingerprint density at radius 2 is 2.00 bits per heavy atom. The molecular formula is C14H16F3NO2. The van der Waals surface area contributed by atoms with Gasteiger partial charge in [-0.3, -0.25) is 4.79 Å². The Morgan fingerprint density at radius 1 is 1.35 bits per heavy atom. The predicted molar refractivity (Wildman–Crippen MR) is 67.1 cm³/mol. The largest absolute Gasteiger partial charge is 0.468 e. The molecule has 6 heteroatoms. The summed E-state index contributed by atoms with van der Waals surface area (Å²) in [4.78, 5) is 11.9. The van der Waals surface area contributed by atoms with Crippen LogP contribution < -0.4 is 5.32 Å². The zero-order valence-electron chi connectivity index (χ0n) is 11.1. The molecule has 0 bridgehead atoms. The lowest BCUT2D eigenvalue weighted by Gasteiger charge is -2.26. The maximum atomic E-state index is 12.5. The number of hydrogen-bond acceptors (Lipinski definition) is 3. The molecule has 2 rings (SSSR count). The van der Waals surface area contributed by atoms with E-state index in [9.17, 15) is 18.0 Å². The van der Waals surface area contributed by atoms with Gasteiger partial charge in [-0.2, -0.15) is 13.2 Å². The molecule has 110 valence electrons. The Labute approximate surface area is 115 Å². The number of methoxy groups -OCH3 is 1. The number of rotatable bonds is 3. The molecule has 1 aliphatic heterocycles. The monoisotopic (exact) mass is 287 g/mol. The number of benzene rings is 1. The summed E-state index contributed by atoms with van der Waals surface area (Å²) in [5, 5.41) is 3.12. The number of halogens is 3. The van der Waals surface area contributed by atoms with Crippen molar-refractivity contribution in [1.29, 1.82) is 0 Å². The normalized spacial score (nSPS) is 22.8. The van der Waals surface area contributed by atoms with Crippen LogP contribution >= 0.6 is 0 Å². The molecule has 1 atom stereocenters. The lowest BCUT2D eigenvalue weighted by Crippen LogP contribution is -2.50. The minimum atomic E-state index is -4.34. The average Bonchev–Trinajstić information content (AvgIpc) is 2.87. The molecule has 1 N–H and O–H groups in total. The average molecular weight is 287 g/mol. The first-order valence-corrected chi connectivity index (χ1v) is 6.37. The quantitative estimate of drug-likeness (QED) is 0.868. The fraction of sp³-hybridized carbons (Fsp3) is 0.500. The molecule has 0 aromatic heterocycles. The number of carbonyl (C=O) groups excluding carboxylic acids is 1. The first kappa shape index (κ1) is 14.8. The summed E-state index contributed by atoms with van der Waals surface area (Å²) in [6, 6.07) is 4.89. The maximum absolute atomic E-state index is 12.5. The van der Waals surface area contributed by atoms with Crippen molar-refractivity contribution in [3.05, 3.63) is 35.4 Å². The predicted octanol–water partition coefficient (Wildman–Crippen LogP) is 2.54. The molecule has 1 aliphatic rings. The third-order valence-corrected chi connectivity index (χ3v) is 3.61. The van der Waals surface area contributed by atoms with Gasteiger partial charge >= 0.3 is 12.1 Å². The van der Waals surface area contributed by atoms with Crippen LogP contribution in [0, 0.1) is 0 Å². The molecule has 0 aliphatic carbocycles. The lowest BCUT2D eigenvalue weighted by atomic mass is 9.89. The van der Waals surface area contributed by atoms with E-state index in [1.807, 2.05) is 0 Å². The van der Waals surface area contributed by atoms with E-state index < -0.39 is 17.3 Å². The summed E-state index contributed by atoms with van der Waals surface area (Å²) in [6.07, 6.45) is -2.54. The van der Waals surface area contributed by atoms with Crippen molar-refractivity contribution in [2.24, 2.45) is 0 Å². The van der Waals surface area contributed by atoms with Crippen LogP contribution in [0.3, 0.4) is 0 Å². The summed E-state index contributed by atoms with van der Waals surface area (Å²) >= 11 is 0. The molecule has 0 spiro atoms. The number of alkyl halides is 3. The topological polar surface area (TPSA) is 38.3 Å². The highest BCUT2D eigenvalue weighted by Crippen LogP contribution is 2.30. The Kier molecular flexibility index (Phi) is 4.04. The molecule has 0 amide bonds. The first-order chi connectivity index (χ1) is 9.37. The molecule has 1 heterocycles. The minimum Gasteiger partial charge on any atom is -0.468 e. The number of nitrogens with one attached hydrogen (secondary N) is 1. The Morgan fingerprint density at radius 3 is 2.45 bits per heavy atom. The van der Waals surface area contributed by atoms with Crippen LogP contribution in [0.4, 0.5) is 13.2 Å². The van der Waals surface area contributed by atoms with Gasteiger partial charge in [0.1, 0.15) is 5.54 Å². The summed E-state index contributed by atoms with van der Waals surface area (Å²) in [7, 11) is 1.32. The highest BCUT2D eigenvalue weighted by Gasteiger charge is 2.42. The van der Waals surface area contributed by atoms with E-state index in [1.165, 1.54) is 19.2 Å². The van der Waals surface area contributed by atoms with Crippen molar-refractivity contribution in [2.75, 3.05) is 13.7 Å². The van der Waals surface area contributed by atoms with E-state index in [2.05, 4.69) is 5.32 Å². The summed E-state index contributed by atoms with van der Waals surface area (Å²) in [5.41, 5.74) is -0.820. The number of hydrogen-bond donors (Lipinski definition) is 1. The van der Waals surface area contributed by atoms with Gasteiger partial charge in [0.25, 0.3) is 0 Å². The molecule has 1 aromatic carbocycles. The summed E-state index contributed by atoms with van der Waals surface area (Å²) in [6.45, 7) is 0.704. The fourth-order valence-electron chi connectivity index (χ4n) is 2.56. The van der Waals surface area contributed by atoms with Crippen LogP contribution in [0.15, 0.2) is 24.3 Å². The molecule has 20 heavy (non-hydrogen) atoms. The van der Waals surface area contributed by atoms with Gasteiger partial charge in [-0.15, -0.1) is 0 Å². The Bertz CT molecular complexity index is 476. The summed E-state index contributed by atoms with van der Waals surface area (Å²) in [5.74, 6) is -0.366. The maximum Gasteiger partial charge on any atom is 0.416 e. The van der Waals surface area contributed by atoms with E-state index >= 15 is 0 Å². The van der Waals surface area contributed by atoms with Crippen LogP contribution in [-0.2, 0) is 22.1 Å². The van der Waals surface area contributed by atoms with E-state index in [0.717, 1.165) is 18.6 Å². The van der Waals surface area contributed by atoms with E-state index in [4.69, 9.17) is 4.74 Å². The lowest BCUT2D eigenvalue weighted by molar-refractivity contribution is -0.148. The van der Waals surface area contributed by atoms with Crippen LogP contribution in [0.5, 0.6) is 0 Å². The second-order valence-corrected chi connectivity index (χ2v) is 4.98. The second kappa shape index (κ2) is 5.44. The molecule has 1 unspecified atom stereocenters. The van der Waals surface area contributed by atoms with Gasteiger partial charge in [0.2, 0.25) is 0 Å². The number of ether oxygens (including phenoxy) is 1. The number of esters is 1. The van der Waals surface area contributed by atoms with E-state index in [0.29, 0.717) is 24.9 Å². The van der Waals surface area contributed by atoms with Gasteiger partial charge in [-0.1, -0.05) is 12.1 Å². The van der Waals surface area contributed by atoms with E-state index in [1.54, 1.807) is 0 Å². The highest BCUT2D eigenvalue weighted by atomic mass is 19.4. The number of carbonyl (C=O) groups is 1. The van der Waals surface area contributed by atoms with Gasteiger partial charge in [0.15, 0.2) is 0 Å². The van der Waals surface area contributed by atoms with Crippen LogP contribution in [-0.4, -0.2) is 25.2 Å². The van der Waals surface area contributed by atoms with E-state index in [-0.39, 0.29) is 5.97 Å². The van der Waals surface area contributed by atoms with Crippen molar-refractivity contribution in [1.82, 2.24) is 5.32 Å². The van der Waals surface area contributed by atoms with Gasteiger partial charge in [0.05, 0.1) is 12.7 Å². The highest BCUT2D eigenvalue weighted by molar-refractivity contribution is 5.81. The molecule has 3 nitrogen and oxygen atoms in total. The molecule has 0 radical (unpaired) electrons. The SMILES string of the molecule is COC(=O)C1(Cc2ccc(C(F)(F)F)cc2)CCCN1. The van der Waals surface area contributed by atoms with Crippen LogP contribution in [0.1, 0.15) is 24.0 Å². The van der Waals surface area contributed by atoms with Crippen molar-refractivity contribution in [3.8, 4) is 0 Å². The van der Waals surface area contributed by atoms with Crippen molar-refractivity contribution < 1.29 is 22.7 Å². The first-order valence-electron chi connectivity index (χ1n) is 6.37. The minimum absolute atomic E-state index is 0.331. The third kappa shape index (κ3) is 2.95. The standard InChI is InChI=1S/C14H16F3NO2/c1-20-12(19)13(7-2-8-18-13)9-10-3-5-11(6-4-10)14(15,16)17/h3-6,18H,2,7-9H2,1H3. The smallest absolute Gasteiger partial charge is 0.416 e. The van der Waals surface area contributed by atoms with Gasteiger partial charge in [0, 0.05) is 6.42 Å². The van der Waals surface area contributed by atoms with Crippen molar-refractivity contribution >= 4 is 5.97 Å². The molecule has 1 aromatic rings. The van der Waals surface area contributed by atoms with Crippen molar-refractivity contribution in [2.45, 2.75) is 31.0 Å².